The van der Waals surface area contributed by atoms with Gasteiger partial charge in [0.1, 0.15) is 5.56 Å². The molecule has 6 nitrogen and oxygen atoms in total. The number of carbonyl (C=O) groups is 1. The van der Waals surface area contributed by atoms with E-state index in [-0.39, 0.29) is 11.0 Å². The maximum atomic E-state index is 11.9. The number of aromatic nitrogens is 2. The fourth-order valence-electron chi connectivity index (χ4n) is 1.46. The van der Waals surface area contributed by atoms with Gasteiger partial charge in [-0.15, -0.1) is 0 Å². The van der Waals surface area contributed by atoms with Crippen molar-refractivity contribution in [3.8, 4) is 0 Å². The summed E-state index contributed by atoms with van der Waals surface area (Å²) in [4.78, 5) is 30.2. The Balaban J connectivity index is 2.28. The third-order valence-corrected chi connectivity index (χ3v) is 2.40. The van der Waals surface area contributed by atoms with Gasteiger partial charge in [-0.1, -0.05) is 0 Å². The number of carbonyl (C=O) groups excluding carboxylic acids is 1. The topological polar surface area (TPSA) is 101 Å². The number of nitrogens with one attached hydrogen (secondary N) is 2. The minimum Gasteiger partial charge on any atom is -0.396 e. The van der Waals surface area contributed by atoms with E-state index in [9.17, 15) is 9.59 Å². The number of H-pyrrole nitrogens is 1. The van der Waals surface area contributed by atoms with Crippen molar-refractivity contribution in [1.82, 2.24) is 9.97 Å². The molecule has 6 heteroatoms. The van der Waals surface area contributed by atoms with Gasteiger partial charge in [0.05, 0.1) is 17.6 Å². The summed E-state index contributed by atoms with van der Waals surface area (Å²) in [6, 6.07) is 2.93. The first-order chi connectivity index (χ1) is 8.58. The first kappa shape index (κ1) is 11.8. The van der Waals surface area contributed by atoms with E-state index in [4.69, 9.17) is 5.73 Å². The molecule has 1 amide bonds. The molecule has 2 rings (SSSR count). The molecule has 0 aliphatic carbocycles. The molecule has 2 heterocycles. The molecule has 0 spiro atoms. The highest BCUT2D eigenvalue weighted by atomic mass is 16.2. The van der Waals surface area contributed by atoms with Crippen LogP contribution < -0.4 is 16.5 Å². The zero-order valence-corrected chi connectivity index (χ0v) is 9.73. The third-order valence-electron chi connectivity index (χ3n) is 2.40. The van der Waals surface area contributed by atoms with E-state index >= 15 is 0 Å². The molecule has 0 saturated heterocycles. The average Bonchev–Trinajstić information content (AvgIpc) is 2.32. The molecule has 0 radical (unpaired) electrons. The third kappa shape index (κ3) is 2.37. The summed E-state index contributed by atoms with van der Waals surface area (Å²) in [7, 11) is 0. The van der Waals surface area contributed by atoms with Crippen LogP contribution in [0.2, 0.25) is 0 Å². The molecule has 0 aromatic carbocycles. The molecule has 0 aliphatic rings. The Morgan fingerprint density at radius 2 is 2.28 bits per heavy atom. The Bertz CT molecular complexity index is 649. The Morgan fingerprint density at radius 1 is 1.50 bits per heavy atom. The van der Waals surface area contributed by atoms with Gasteiger partial charge in [-0.3, -0.25) is 14.6 Å². The highest BCUT2D eigenvalue weighted by molar-refractivity contribution is 6.05. The lowest BCUT2D eigenvalue weighted by atomic mass is 10.2. The van der Waals surface area contributed by atoms with E-state index in [0.29, 0.717) is 17.1 Å². The Kier molecular flexibility index (Phi) is 3.09. The smallest absolute Gasteiger partial charge is 0.261 e. The number of hydrogen-bond acceptors (Lipinski definition) is 4. The first-order valence-electron chi connectivity index (χ1n) is 5.28. The number of nitrogens with zero attached hydrogens (tertiary/aromatic N) is 1. The van der Waals surface area contributed by atoms with Gasteiger partial charge in [0.25, 0.3) is 5.91 Å². The zero-order valence-electron chi connectivity index (χ0n) is 9.73. The van der Waals surface area contributed by atoms with Crippen molar-refractivity contribution in [3.63, 3.8) is 0 Å². The van der Waals surface area contributed by atoms with E-state index in [1.54, 1.807) is 13.0 Å². The second-order valence-corrected chi connectivity index (χ2v) is 3.81. The maximum Gasteiger partial charge on any atom is 0.261 e. The van der Waals surface area contributed by atoms with E-state index in [0.717, 1.165) is 0 Å². The van der Waals surface area contributed by atoms with Crippen molar-refractivity contribution in [2.24, 2.45) is 0 Å². The second-order valence-electron chi connectivity index (χ2n) is 3.81. The van der Waals surface area contributed by atoms with Gasteiger partial charge in [-0.25, -0.2) is 0 Å². The van der Waals surface area contributed by atoms with Gasteiger partial charge in [0.15, 0.2) is 5.43 Å². The molecule has 0 saturated carbocycles. The SMILES string of the molecule is Cc1cc(=O)c(C(=O)Nc2ccncc2N)c[nH]1. The van der Waals surface area contributed by atoms with Crippen LogP contribution in [-0.2, 0) is 0 Å². The molecule has 0 atom stereocenters. The molecule has 18 heavy (non-hydrogen) atoms. The largest absolute Gasteiger partial charge is 0.396 e. The standard InChI is InChI=1S/C12H12N4O2/c1-7-4-11(17)8(5-15-7)12(18)16-10-2-3-14-6-9(10)13/h2-6H,13H2,1H3,(H,15,17)(H,14,16,18). The normalized spacial score (nSPS) is 10.1. The lowest BCUT2D eigenvalue weighted by Crippen LogP contribution is -2.22. The molecule has 0 aliphatic heterocycles. The number of nitrogen functional groups attached to an aromatic ring is 1. The highest BCUT2D eigenvalue weighted by Crippen LogP contribution is 2.15. The Hall–Kier alpha value is -2.63. The predicted octanol–water partition coefficient (Wildman–Crippen LogP) is 0.913. The minimum absolute atomic E-state index is 0.0387. The van der Waals surface area contributed by atoms with Crippen molar-refractivity contribution in [2.45, 2.75) is 6.92 Å². The van der Waals surface area contributed by atoms with Crippen molar-refractivity contribution in [1.29, 1.82) is 0 Å². The average molecular weight is 244 g/mol. The summed E-state index contributed by atoms with van der Waals surface area (Å²) >= 11 is 0. The van der Waals surface area contributed by atoms with Crippen molar-refractivity contribution in [3.05, 3.63) is 52.2 Å². The second kappa shape index (κ2) is 4.70. The number of aryl methyl sites for hydroxylation is 1. The van der Waals surface area contributed by atoms with E-state index in [1.165, 1.54) is 24.7 Å². The summed E-state index contributed by atoms with van der Waals surface area (Å²) in [6.07, 6.45) is 4.31. The van der Waals surface area contributed by atoms with Gasteiger partial charge in [0.2, 0.25) is 0 Å². The number of pyridine rings is 2. The maximum absolute atomic E-state index is 11.9. The lowest BCUT2D eigenvalue weighted by Gasteiger charge is -2.06. The Morgan fingerprint density at radius 3 is 2.94 bits per heavy atom. The molecule has 0 fully saturated rings. The fourth-order valence-corrected chi connectivity index (χ4v) is 1.46. The molecule has 92 valence electrons. The van der Waals surface area contributed by atoms with E-state index in [1.807, 2.05) is 0 Å². The monoisotopic (exact) mass is 244 g/mol. The summed E-state index contributed by atoms with van der Waals surface area (Å²) in [6.45, 7) is 1.74. The molecule has 2 aromatic heterocycles. The number of rotatable bonds is 2. The van der Waals surface area contributed by atoms with Crippen LogP contribution in [0.1, 0.15) is 16.1 Å². The molecular formula is C12H12N4O2. The number of hydrogen-bond donors (Lipinski definition) is 3. The van der Waals surface area contributed by atoms with E-state index < -0.39 is 5.91 Å². The highest BCUT2D eigenvalue weighted by Gasteiger charge is 2.11. The number of amides is 1. The summed E-state index contributed by atoms with van der Waals surface area (Å²) in [5, 5.41) is 2.56. The van der Waals surface area contributed by atoms with Crippen LogP contribution in [-0.4, -0.2) is 15.9 Å². The molecule has 4 N–H and O–H groups in total. The van der Waals surface area contributed by atoms with Crippen molar-refractivity contribution < 1.29 is 4.79 Å². The quantitative estimate of drug-likeness (QED) is 0.730. The van der Waals surface area contributed by atoms with Gasteiger partial charge >= 0.3 is 0 Å². The fraction of sp³-hybridized carbons (Fsp3) is 0.0833. The number of anilines is 2. The number of nitrogens with two attached hydrogens (primary N) is 1. The van der Waals surface area contributed by atoms with Crippen LogP contribution in [0.4, 0.5) is 11.4 Å². The summed E-state index contributed by atoms with van der Waals surface area (Å²) < 4.78 is 0. The van der Waals surface area contributed by atoms with Crippen molar-refractivity contribution >= 4 is 17.3 Å². The summed E-state index contributed by atoms with van der Waals surface area (Å²) in [5.74, 6) is -0.505. The van der Waals surface area contributed by atoms with Crippen LogP contribution >= 0.6 is 0 Å². The van der Waals surface area contributed by atoms with Gasteiger partial charge in [-0.2, -0.15) is 0 Å². The lowest BCUT2D eigenvalue weighted by molar-refractivity contribution is 0.102. The van der Waals surface area contributed by atoms with Crippen LogP contribution in [0.25, 0.3) is 0 Å². The molecule has 0 unspecified atom stereocenters. The van der Waals surface area contributed by atoms with Crippen LogP contribution in [0.5, 0.6) is 0 Å². The zero-order chi connectivity index (χ0) is 13.1. The van der Waals surface area contributed by atoms with Crippen LogP contribution in [0.15, 0.2) is 35.5 Å². The first-order valence-corrected chi connectivity index (χ1v) is 5.28. The van der Waals surface area contributed by atoms with Gasteiger partial charge < -0.3 is 16.0 Å². The molecule has 2 aromatic rings. The summed E-state index contributed by atoms with van der Waals surface area (Å²) in [5.41, 5.74) is 6.81. The molecule has 0 bridgehead atoms. The minimum atomic E-state index is -0.505. The van der Waals surface area contributed by atoms with E-state index in [2.05, 4.69) is 15.3 Å². The number of aromatic amines is 1. The van der Waals surface area contributed by atoms with Crippen molar-refractivity contribution in [2.75, 3.05) is 11.1 Å². The van der Waals surface area contributed by atoms with Gasteiger partial charge in [-0.05, 0) is 13.0 Å². The van der Waals surface area contributed by atoms with Gasteiger partial charge in [0, 0.05) is 24.2 Å². The predicted molar refractivity (Wildman–Crippen MR) is 68.4 cm³/mol. The Labute approximate surface area is 103 Å². The van der Waals surface area contributed by atoms with Crippen LogP contribution in [0, 0.1) is 6.92 Å². The van der Waals surface area contributed by atoms with Crippen LogP contribution in [0.3, 0.4) is 0 Å². The molecular weight excluding hydrogens is 232 g/mol.